The number of aromatic nitrogens is 1. The summed E-state index contributed by atoms with van der Waals surface area (Å²) >= 11 is 6.14. The maximum Gasteiger partial charge on any atom is 0.0684 e. The van der Waals surface area contributed by atoms with Gasteiger partial charge in [-0.1, -0.05) is 24.6 Å². The molecule has 0 saturated heterocycles. The molecule has 0 saturated carbocycles. The Hall–Kier alpha value is -1.50. The molecule has 0 aliphatic heterocycles. The van der Waals surface area contributed by atoms with E-state index in [-0.39, 0.29) is 5.41 Å². The second-order valence-electron chi connectivity index (χ2n) is 6.04. The average molecular weight is 304 g/mol. The van der Waals surface area contributed by atoms with Crippen LogP contribution in [0.2, 0.25) is 5.02 Å². The lowest BCUT2D eigenvalue weighted by Gasteiger charge is -2.15. The lowest BCUT2D eigenvalue weighted by atomic mass is 9.91. The number of hydrogen-bond acceptors (Lipinski definition) is 2. The van der Waals surface area contributed by atoms with Crippen LogP contribution in [0.25, 0.3) is 10.9 Å². The highest BCUT2D eigenvalue weighted by atomic mass is 35.5. The van der Waals surface area contributed by atoms with E-state index in [0.717, 1.165) is 36.6 Å². The standard InChI is InChI=1S/C17H22ClN3/c1-4-20-10-13-11-21(8-7-17(2,3)12-19)16-9-14(18)5-6-15(13)16/h5-6,9,11,20H,4,7-8,10H2,1-3H3. The summed E-state index contributed by atoms with van der Waals surface area (Å²) in [5.41, 5.74) is 2.11. The molecule has 1 aromatic heterocycles. The summed E-state index contributed by atoms with van der Waals surface area (Å²) < 4.78 is 2.22. The number of nitrogens with zero attached hydrogens (tertiary/aromatic N) is 2. The Morgan fingerprint density at radius 1 is 1.38 bits per heavy atom. The molecule has 112 valence electrons. The Kier molecular flexibility index (Phi) is 4.92. The summed E-state index contributed by atoms with van der Waals surface area (Å²) in [4.78, 5) is 0. The second-order valence-corrected chi connectivity index (χ2v) is 6.47. The zero-order valence-electron chi connectivity index (χ0n) is 12.9. The van der Waals surface area contributed by atoms with Gasteiger partial charge in [-0.05, 0) is 44.5 Å². The summed E-state index contributed by atoms with van der Waals surface area (Å²) in [6, 6.07) is 8.38. The largest absolute Gasteiger partial charge is 0.347 e. The van der Waals surface area contributed by atoms with E-state index < -0.39 is 0 Å². The molecule has 1 aromatic carbocycles. The summed E-state index contributed by atoms with van der Waals surface area (Å²) in [7, 11) is 0. The minimum atomic E-state index is -0.309. The molecule has 1 heterocycles. The molecule has 0 radical (unpaired) electrons. The molecule has 2 rings (SSSR count). The van der Waals surface area contributed by atoms with Gasteiger partial charge in [0.2, 0.25) is 0 Å². The van der Waals surface area contributed by atoms with Crippen molar-refractivity contribution < 1.29 is 0 Å². The van der Waals surface area contributed by atoms with Crippen molar-refractivity contribution in [2.45, 2.75) is 40.3 Å². The second kappa shape index (κ2) is 6.51. The minimum absolute atomic E-state index is 0.309. The van der Waals surface area contributed by atoms with Crippen molar-refractivity contribution in [3.8, 4) is 6.07 Å². The van der Waals surface area contributed by atoms with Crippen LogP contribution < -0.4 is 5.32 Å². The summed E-state index contributed by atoms with van der Waals surface area (Å²) in [5.74, 6) is 0. The fourth-order valence-electron chi connectivity index (χ4n) is 2.38. The first-order valence-electron chi connectivity index (χ1n) is 7.36. The van der Waals surface area contributed by atoms with Crippen molar-refractivity contribution in [3.05, 3.63) is 35.0 Å². The molecule has 0 aliphatic carbocycles. The number of rotatable bonds is 6. The molecule has 1 N–H and O–H groups in total. The minimum Gasteiger partial charge on any atom is -0.347 e. The normalized spacial score (nSPS) is 11.8. The van der Waals surface area contributed by atoms with Gasteiger partial charge in [-0.15, -0.1) is 0 Å². The number of benzene rings is 1. The Labute approximate surface area is 131 Å². The highest BCUT2D eigenvalue weighted by Gasteiger charge is 2.17. The molecule has 2 aromatic rings. The maximum atomic E-state index is 9.16. The van der Waals surface area contributed by atoms with Gasteiger partial charge in [0.15, 0.2) is 0 Å². The summed E-state index contributed by atoms with van der Waals surface area (Å²) in [6.45, 7) is 8.68. The zero-order chi connectivity index (χ0) is 15.5. The fourth-order valence-corrected chi connectivity index (χ4v) is 2.55. The highest BCUT2D eigenvalue weighted by molar-refractivity contribution is 6.31. The van der Waals surface area contributed by atoms with E-state index in [4.69, 9.17) is 16.9 Å². The van der Waals surface area contributed by atoms with Crippen molar-refractivity contribution in [1.29, 1.82) is 5.26 Å². The van der Waals surface area contributed by atoms with Crippen molar-refractivity contribution in [3.63, 3.8) is 0 Å². The summed E-state index contributed by atoms with van der Waals surface area (Å²) in [5, 5.41) is 14.5. The van der Waals surface area contributed by atoms with E-state index in [1.165, 1.54) is 10.9 Å². The van der Waals surface area contributed by atoms with E-state index in [2.05, 4.69) is 35.1 Å². The van der Waals surface area contributed by atoms with Gasteiger partial charge >= 0.3 is 0 Å². The molecular formula is C17H22ClN3. The van der Waals surface area contributed by atoms with Crippen LogP contribution in [-0.2, 0) is 13.1 Å². The molecule has 0 bridgehead atoms. The molecule has 0 unspecified atom stereocenters. The van der Waals surface area contributed by atoms with Crippen LogP contribution in [-0.4, -0.2) is 11.1 Å². The molecule has 3 nitrogen and oxygen atoms in total. The molecule has 0 fully saturated rings. The number of halogens is 1. The first-order valence-corrected chi connectivity index (χ1v) is 7.74. The number of nitrogens with one attached hydrogen (secondary N) is 1. The van der Waals surface area contributed by atoms with Gasteiger partial charge < -0.3 is 9.88 Å². The third kappa shape index (κ3) is 3.78. The monoisotopic (exact) mass is 303 g/mol. The van der Waals surface area contributed by atoms with Crippen LogP contribution in [0.3, 0.4) is 0 Å². The van der Waals surface area contributed by atoms with Crippen molar-refractivity contribution in [2.24, 2.45) is 5.41 Å². The highest BCUT2D eigenvalue weighted by Crippen LogP contribution is 2.27. The number of nitriles is 1. The third-order valence-corrected chi connectivity index (χ3v) is 4.01. The van der Waals surface area contributed by atoms with Gasteiger partial charge in [0.25, 0.3) is 0 Å². The van der Waals surface area contributed by atoms with Crippen LogP contribution in [0.15, 0.2) is 24.4 Å². The molecule has 0 atom stereocenters. The smallest absolute Gasteiger partial charge is 0.0684 e. The van der Waals surface area contributed by atoms with Gasteiger partial charge in [0.05, 0.1) is 11.5 Å². The van der Waals surface area contributed by atoms with Crippen LogP contribution in [0.4, 0.5) is 0 Å². The number of aryl methyl sites for hydroxylation is 1. The first kappa shape index (κ1) is 15.9. The van der Waals surface area contributed by atoms with Gasteiger partial charge in [-0.25, -0.2) is 0 Å². The quantitative estimate of drug-likeness (QED) is 0.862. The van der Waals surface area contributed by atoms with E-state index in [0.29, 0.717) is 0 Å². The molecule has 21 heavy (non-hydrogen) atoms. The van der Waals surface area contributed by atoms with Gasteiger partial charge in [-0.3, -0.25) is 0 Å². The predicted molar refractivity (Wildman–Crippen MR) is 88.3 cm³/mol. The molecule has 4 heteroatoms. The Morgan fingerprint density at radius 2 is 2.14 bits per heavy atom. The van der Waals surface area contributed by atoms with Crippen molar-refractivity contribution in [2.75, 3.05) is 6.54 Å². The van der Waals surface area contributed by atoms with Gasteiger partial charge in [0.1, 0.15) is 0 Å². The Balaban J connectivity index is 2.34. The molecule has 0 amide bonds. The first-order chi connectivity index (χ1) is 9.96. The Bertz CT molecular complexity index is 664. The van der Waals surface area contributed by atoms with Crippen LogP contribution >= 0.6 is 11.6 Å². The van der Waals surface area contributed by atoms with E-state index >= 15 is 0 Å². The lowest BCUT2D eigenvalue weighted by molar-refractivity contribution is 0.417. The van der Waals surface area contributed by atoms with Crippen LogP contribution in [0, 0.1) is 16.7 Å². The van der Waals surface area contributed by atoms with Crippen molar-refractivity contribution in [1.82, 2.24) is 9.88 Å². The summed E-state index contributed by atoms with van der Waals surface area (Å²) in [6.07, 6.45) is 3.00. The predicted octanol–water partition coefficient (Wildman–Crippen LogP) is 4.34. The van der Waals surface area contributed by atoms with E-state index in [1.807, 2.05) is 26.0 Å². The topological polar surface area (TPSA) is 40.8 Å². The van der Waals surface area contributed by atoms with Crippen molar-refractivity contribution >= 4 is 22.5 Å². The SMILES string of the molecule is CCNCc1cn(CCC(C)(C)C#N)c2cc(Cl)ccc12. The third-order valence-electron chi connectivity index (χ3n) is 3.77. The van der Waals surface area contributed by atoms with Gasteiger partial charge in [-0.2, -0.15) is 5.26 Å². The maximum absolute atomic E-state index is 9.16. The van der Waals surface area contributed by atoms with Gasteiger partial charge in [0, 0.05) is 35.2 Å². The van der Waals surface area contributed by atoms with E-state index in [9.17, 15) is 0 Å². The number of fused-ring (bicyclic) bond motifs is 1. The number of hydrogen-bond donors (Lipinski definition) is 1. The van der Waals surface area contributed by atoms with E-state index in [1.54, 1.807) is 0 Å². The van der Waals surface area contributed by atoms with Crippen LogP contribution in [0.1, 0.15) is 32.8 Å². The van der Waals surface area contributed by atoms with Crippen LogP contribution in [0.5, 0.6) is 0 Å². The lowest BCUT2D eigenvalue weighted by Crippen LogP contribution is -2.12. The fraction of sp³-hybridized carbons (Fsp3) is 0.471. The zero-order valence-corrected chi connectivity index (χ0v) is 13.7. The molecular weight excluding hydrogens is 282 g/mol. The molecule has 0 aliphatic rings. The molecule has 0 spiro atoms. The Morgan fingerprint density at radius 3 is 2.81 bits per heavy atom. The average Bonchev–Trinajstić information content (AvgIpc) is 2.80.